The molecular formula is C22H25FN6O. The van der Waals surface area contributed by atoms with Crippen LogP contribution in [0.4, 0.5) is 15.9 Å². The molecule has 0 saturated heterocycles. The number of carbonyl (C=O) groups excluding carboxylic acids is 1. The molecule has 0 radical (unpaired) electrons. The fraction of sp³-hybridized carbons (Fsp3) is 0.409. The lowest BCUT2D eigenvalue weighted by atomic mass is 10.1. The molecule has 0 atom stereocenters. The van der Waals surface area contributed by atoms with Crippen LogP contribution in [0.2, 0.25) is 0 Å². The number of rotatable bonds is 5. The second kappa shape index (κ2) is 7.27. The van der Waals surface area contributed by atoms with Crippen LogP contribution in [0.25, 0.3) is 11.1 Å². The van der Waals surface area contributed by atoms with Crippen LogP contribution in [-0.2, 0) is 31.4 Å². The van der Waals surface area contributed by atoms with Crippen molar-refractivity contribution < 1.29 is 9.18 Å². The maximum absolute atomic E-state index is 15.3. The first-order valence-corrected chi connectivity index (χ1v) is 10.4. The number of halogens is 1. The highest BCUT2D eigenvalue weighted by atomic mass is 19.1. The van der Waals surface area contributed by atoms with Crippen LogP contribution in [0.15, 0.2) is 30.6 Å². The first-order valence-electron chi connectivity index (χ1n) is 10.4. The van der Waals surface area contributed by atoms with Crippen molar-refractivity contribution in [3.8, 4) is 11.1 Å². The van der Waals surface area contributed by atoms with E-state index in [0.29, 0.717) is 36.1 Å². The number of fused-ring (bicyclic) bond motifs is 1. The fourth-order valence-corrected chi connectivity index (χ4v) is 4.10. The molecule has 1 aromatic carbocycles. The molecule has 0 spiro atoms. The van der Waals surface area contributed by atoms with Gasteiger partial charge in [0.05, 0.1) is 18.4 Å². The van der Waals surface area contributed by atoms with Gasteiger partial charge in [-0.3, -0.25) is 14.2 Å². The van der Waals surface area contributed by atoms with E-state index < -0.39 is 0 Å². The predicted molar refractivity (Wildman–Crippen MR) is 112 cm³/mol. The Kier molecular flexibility index (Phi) is 4.56. The van der Waals surface area contributed by atoms with Crippen molar-refractivity contribution in [2.45, 2.75) is 39.3 Å². The zero-order valence-corrected chi connectivity index (χ0v) is 17.2. The van der Waals surface area contributed by atoms with Gasteiger partial charge in [0.25, 0.3) is 0 Å². The highest BCUT2D eigenvalue weighted by Crippen LogP contribution is 2.35. The Morgan fingerprint density at radius 1 is 1.33 bits per heavy atom. The van der Waals surface area contributed by atoms with Gasteiger partial charge >= 0.3 is 0 Å². The molecule has 1 fully saturated rings. The van der Waals surface area contributed by atoms with Gasteiger partial charge < -0.3 is 10.2 Å². The van der Waals surface area contributed by atoms with E-state index in [1.807, 2.05) is 18.0 Å². The molecule has 1 aliphatic heterocycles. The third-order valence-corrected chi connectivity index (χ3v) is 5.98. The molecule has 156 valence electrons. The molecule has 8 heteroatoms. The van der Waals surface area contributed by atoms with Crippen molar-refractivity contribution >= 4 is 17.4 Å². The molecular weight excluding hydrogens is 383 g/mol. The van der Waals surface area contributed by atoms with E-state index in [4.69, 9.17) is 5.10 Å². The molecule has 30 heavy (non-hydrogen) atoms. The molecule has 2 aliphatic rings. The highest BCUT2D eigenvalue weighted by molar-refractivity contribution is 5.75. The van der Waals surface area contributed by atoms with Gasteiger partial charge in [0.1, 0.15) is 0 Å². The zero-order chi connectivity index (χ0) is 20.8. The summed E-state index contributed by atoms with van der Waals surface area (Å²) in [4.78, 5) is 13.8. The number of benzene rings is 1. The van der Waals surface area contributed by atoms with Crippen molar-refractivity contribution in [1.29, 1.82) is 0 Å². The third-order valence-electron chi connectivity index (χ3n) is 5.98. The van der Waals surface area contributed by atoms with E-state index in [1.165, 1.54) is 12.8 Å². The first kappa shape index (κ1) is 18.8. The van der Waals surface area contributed by atoms with Crippen LogP contribution in [0.1, 0.15) is 31.0 Å². The van der Waals surface area contributed by atoms with Crippen molar-refractivity contribution in [3.63, 3.8) is 0 Å². The molecule has 3 aromatic rings. The molecule has 2 aromatic heterocycles. The number of carbonyl (C=O) groups is 1. The predicted octanol–water partition coefficient (Wildman–Crippen LogP) is 3.48. The smallest absolute Gasteiger partial charge is 0.219 e. The highest BCUT2D eigenvalue weighted by Gasteiger charge is 2.30. The summed E-state index contributed by atoms with van der Waals surface area (Å²) in [5.74, 6) is 1.03. The normalized spacial score (nSPS) is 15.9. The van der Waals surface area contributed by atoms with Crippen LogP contribution < -0.4 is 5.32 Å². The van der Waals surface area contributed by atoms with Crippen LogP contribution in [0, 0.1) is 11.7 Å². The summed E-state index contributed by atoms with van der Waals surface area (Å²) >= 11 is 0. The van der Waals surface area contributed by atoms with Crippen LogP contribution in [0.3, 0.4) is 0 Å². The molecule has 1 N–H and O–H groups in total. The summed E-state index contributed by atoms with van der Waals surface area (Å²) in [6, 6.07) is 5.28. The summed E-state index contributed by atoms with van der Waals surface area (Å²) < 4.78 is 19.0. The van der Waals surface area contributed by atoms with E-state index in [0.717, 1.165) is 29.8 Å². The number of hydrogen-bond acceptors (Lipinski definition) is 4. The first-order chi connectivity index (χ1) is 14.5. The minimum Gasteiger partial charge on any atom is -0.338 e. The maximum atomic E-state index is 15.3. The van der Waals surface area contributed by atoms with Crippen LogP contribution >= 0.6 is 0 Å². The van der Waals surface area contributed by atoms with Gasteiger partial charge in [0.2, 0.25) is 5.91 Å². The average Bonchev–Trinajstić information content (AvgIpc) is 3.34. The molecule has 5 rings (SSSR count). The second-order valence-electron chi connectivity index (χ2n) is 8.28. The van der Waals surface area contributed by atoms with Gasteiger partial charge in [-0.25, -0.2) is 4.39 Å². The van der Waals surface area contributed by atoms with E-state index in [9.17, 15) is 4.79 Å². The molecule has 1 aliphatic carbocycles. The largest absolute Gasteiger partial charge is 0.338 e. The molecule has 1 amide bonds. The van der Waals surface area contributed by atoms with Crippen molar-refractivity contribution in [2.75, 3.05) is 11.9 Å². The van der Waals surface area contributed by atoms with Crippen LogP contribution in [-0.4, -0.2) is 36.9 Å². The summed E-state index contributed by atoms with van der Waals surface area (Å²) in [7, 11) is 1.81. The Labute approximate surface area is 174 Å². The van der Waals surface area contributed by atoms with Gasteiger partial charge in [-0.15, -0.1) is 0 Å². The summed E-state index contributed by atoms with van der Waals surface area (Å²) in [6.07, 6.45) is 6.68. The van der Waals surface area contributed by atoms with Crippen LogP contribution in [0.5, 0.6) is 0 Å². The Morgan fingerprint density at radius 3 is 2.87 bits per heavy atom. The monoisotopic (exact) mass is 408 g/mol. The van der Waals surface area contributed by atoms with Crippen molar-refractivity contribution in [1.82, 2.24) is 24.5 Å². The summed E-state index contributed by atoms with van der Waals surface area (Å²) in [5.41, 5.74) is 3.73. The lowest BCUT2D eigenvalue weighted by Gasteiger charge is -2.26. The van der Waals surface area contributed by atoms with Crippen molar-refractivity contribution in [3.05, 3.63) is 47.7 Å². The quantitative estimate of drug-likeness (QED) is 0.702. The average molecular weight is 408 g/mol. The SMILES string of the molecule is CC(=O)N1CCc2c(c(Nc3cccc(-c4cnn(C)c4)c3F)nn2CC2CC2)C1. The number of nitrogens with one attached hydrogen (secondary N) is 1. The topological polar surface area (TPSA) is 68.0 Å². The number of aromatic nitrogens is 4. The van der Waals surface area contributed by atoms with Gasteiger partial charge in [-0.1, -0.05) is 12.1 Å². The van der Waals surface area contributed by atoms with E-state index >= 15 is 4.39 Å². The molecule has 7 nitrogen and oxygen atoms in total. The third kappa shape index (κ3) is 3.46. The number of aryl methyl sites for hydroxylation is 1. The maximum Gasteiger partial charge on any atom is 0.219 e. The Morgan fingerprint density at radius 2 is 2.17 bits per heavy atom. The molecule has 1 saturated carbocycles. The standard InChI is InChI=1S/C22H25FN6O/c1-14(30)28-9-8-20-18(13-28)22(26-29(20)11-15-6-7-15)25-19-5-3-4-17(21(19)23)16-10-24-27(2)12-16/h3-5,10,12,15H,6-9,11,13H2,1-2H3,(H,25,26). The summed E-state index contributed by atoms with van der Waals surface area (Å²) in [5, 5.41) is 12.2. The molecule has 0 bridgehead atoms. The van der Waals surface area contributed by atoms with Gasteiger partial charge in [-0.05, 0) is 24.8 Å². The minimum absolute atomic E-state index is 0.0475. The van der Waals surface area contributed by atoms with Gasteiger partial charge in [0, 0.05) is 62.1 Å². The lowest BCUT2D eigenvalue weighted by molar-refractivity contribution is -0.129. The zero-order valence-electron chi connectivity index (χ0n) is 17.2. The fourth-order valence-electron chi connectivity index (χ4n) is 4.10. The van der Waals surface area contributed by atoms with E-state index in [2.05, 4.69) is 15.1 Å². The number of amides is 1. The molecule has 3 heterocycles. The summed E-state index contributed by atoms with van der Waals surface area (Å²) in [6.45, 7) is 3.68. The molecule has 0 unspecified atom stereocenters. The van der Waals surface area contributed by atoms with Gasteiger partial charge in [-0.2, -0.15) is 10.2 Å². The number of hydrogen-bond donors (Lipinski definition) is 1. The van der Waals surface area contributed by atoms with Gasteiger partial charge in [0.15, 0.2) is 11.6 Å². The number of anilines is 2. The lowest BCUT2D eigenvalue weighted by Crippen LogP contribution is -2.34. The van der Waals surface area contributed by atoms with Crippen molar-refractivity contribution in [2.24, 2.45) is 13.0 Å². The number of nitrogens with zero attached hydrogens (tertiary/aromatic N) is 5. The van der Waals surface area contributed by atoms with E-state index in [-0.39, 0.29) is 11.7 Å². The second-order valence-corrected chi connectivity index (χ2v) is 8.28. The minimum atomic E-state index is -0.338. The Bertz CT molecular complexity index is 1110. The Balaban J connectivity index is 1.50. The Hall–Kier alpha value is -3.16. The van der Waals surface area contributed by atoms with E-state index in [1.54, 1.807) is 36.1 Å².